The van der Waals surface area contributed by atoms with E-state index in [0.29, 0.717) is 0 Å². The second-order valence-corrected chi connectivity index (χ2v) is 2.75. The maximum absolute atomic E-state index is 13.0. The molecular formula is C9H11ClF3N. The first-order chi connectivity index (χ1) is 6.15. The van der Waals surface area contributed by atoms with Gasteiger partial charge in [-0.2, -0.15) is 0 Å². The molecule has 1 nitrogen and oxygen atoms in total. The van der Waals surface area contributed by atoms with Gasteiger partial charge in [-0.3, -0.25) is 4.39 Å². The molecule has 0 bridgehead atoms. The number of hydrogen-bond donors (Lipinski definition) is 1. The van der Waals surface area contributed by atoms with E-state index in [-0.39, 0.29) is 24.4 Å². The van der Waals surface area contributed by atoms with E-state index in [1.54, 1.807) is 0 Å². The summed E-state index contributed by atoms with van der Waals surface area (Å²) in [4.78, 5) is 0. The lowest BCUT2D eigenvalue weighted by atomic mass is 10.0. The van der Waals surface area contributed by atoms with Gasteiger partial charge in [0, 0.05) is 11.6 Å². The van der Waals surface area contributed by atoms with Gasteiger partial charge in [0.2, 0.25) is 0 Å². The fourth-order valence-electron chi connectivity index (χ4n) is 1.07. The standard InChI is InChI=1S/C9H10F3N.ClH/c10-4-3-9(13)7-5-6(11)1-2-8(7)12;/h1-2,5,9H,3-4,13H2;1H/t9-;/m1./s1. The van der Waals surface area contributed by atoms with Crippen molar-refractivity contribution in [3.8, 4) is 0 Å². The van der Waals surface area contributed by atoms with Crippen molar-refractivity contribution in [2.75, 3.05) is 6.67 Å². The van der Waals surface area contributed by atoms with Crippen molar-refractivity contribution in [1.29, 1.82) is 0 Å². The average molecular weight is 226 g/mol. The van der Waals surface area contributed by atoms with Crippen molar-refractivity contribution in [3.05, 3.63) is 35.4 Å². The molecule has 1 aromatic rings. The molecule has 14 heavy (non-hydrogen) atoms. The summed E-state index contributed by atoms with van der Waals surface area (Å²) in [6.07, 6.45) is 0.000370. The van der Waals surface area contributed by atoms with Crippen molar-refractivity contribution in [2.45, 2.75) is 12.5 Å². The zero-order valence-electron chi connectivity index (χ0n) is 7.34. The number of alkyl halides is 1. The van der Waals surface area contributed by atoms with Crippen LogP contribution in [0.25, 0.3) is 0 Å². The summed E-state index contributed by atoms with van der Waals surface area (Å²) >= 11 is 0. The van der Waals surface area contributed by atoms with E-state index in [0.717, 1.165) is 18.2 Å². The molecule has 1 atom stereocenters. The number of halogens is 4. The van der Waals surface area contributed by atoms with Crippen molar-refractivity contribution < 1.29 is 13.2 Å². The maximum atomic E-state index is 13.0. The average Bonchev–Trinajstić information content (AvgIpc) is 2.09. The van der Waals surface area contributed by atoms with E-state index in [9.17, 15) is 13.2 Å². The van der Waals surface area contributed by atoms with Gasteiger partial charge in [-0.15, -0.1) is 12.4 Å². The molecule has 5 heteroatoms. The summed E-state index contributed by atoms with van der Waals surface area (Å²) < 4.78 is 37.5. The number of nitrogens with two attached hydrogens (primary N) is 1. The third kappa shape index (κ3) is 3.20. The van der Waals surface area contributed by atoms with Crippen LogP contribution < -0.4 is 5.73 Å². The topological polar surface area (TPSA) is 26.0 Å². The van der Waals surface area contributed by atoms with Gasteiger partial charge in [0.05, 0.1) is 6.67 Å². The van der Waals surface area contributed by atoms with E-state index in [4.69, 9.17) is 5.73 Å². The smallest absolute Gasteiger partial charge is 0.128 e. The molecule has 2 N–H and O–H groups in total. The maximum Gasteiger partial charge on any atom is 0.128 e. The molecule has 0 amide bonds. The highest BCUT2D eigenvalue weighted by molar-refractivity contribution is 5.85. The Morgan fingerprint density at radius 3 is 2.50 bits per heavy atom. The van der Waals surface area contributed by atoms with Crippen LogP contribution in [0.3, 0.4) is 0 Å². The molecule has 0 spiro atoms. The van der Waals surface area contributed by atoms with Gasteiger partial charge in [0.15, 0.2) is 0 Å². The summed E-state index contributed by atoms with van der Waals surface area (Å²) in [7, 11) is 0. The third-order valence-corrected chi connectivity index (χ3v) is 1.78. The van der Waals surface area contributed by atoms with Gasteiger partial charge in [-0.05, 0) is 24.6 Å². The molecule has 0 aromatic heterocycles. The van der Waals surface area contributed by atoms with Crippen molar-refractivity contribution >= 4 is 12.4 Å². The van der Waals surface area contributed by atoms with E-state index < -0.39 is 24.4 Å². The second-order valence-electron chi connectivity index (χ2n) is 2.75. The molecule has 0 fully saturated rings. The highest BCUT2D eigenvalue weighted by Gasteiger charge is 2.11. The van der Waals surface area contributed by atoms with Crippen molar-refractivity contribution in [1.82, 2.24) is 0 Å². The van der Waals surface area contributed by atoms with Crippen LogP contribution in [0.4, 0.5) is 13.2 Å². The van der Waals surface area contributed by atoms with Crippen LogP contribution in [0.1, 0.15) is 18.0 Å². The summed E-state index contributed by atoms with van der Waals surface area (Å²) in [6, 6.07) is 2.21. The molecule has 0 aliphatic carbocycles. The van der Waals surface area contributed by atoms with Crippen molar-refractivity contribution in [2.24, 2.45) is 5.73 Å². The molecule has 1 rings (SSSR count). The lowest BCUT2D eigenvalue weighted by Gasteiger charge is -2.10. The van der Waals surface area contributed by atoms with Gasteiger partial charge in [-0.1, -0.05) is 0 Å². The fraction of sp³-hybridized carbons (Fsp3) is 0.333. The summed E-state index contributed by atoms with van der Waals surface area (Å²) in [5, 5.41) is 0. The Labute approximate surface area is 86.5 Å². The minimum Gasteiger partial charge on any atom is -0.324 e. The number of benzene rings is 1. The zero-order chi connectivity index (χ0) is 9.84. The molecule has 0 unspecified atom stereocenters. The fourth-order valence-corrected chi connectivity index (χ4v) is 1.07. The van der Waals surface area contributed by atoms with Crippen LogP contribution in [-0.4, -0.2) is 6.67 Å². The van der Waals surface area contributed by atoms with Gasteiger partial charge < -0.3 is 5.73 Å². The predicted octanol–water partition coefficient (Wildman–Crippen LogP) is 2.75. The Hall–Kier alpha value is -0.740. The lowest BCUT2D eigenvalue weighted by Crippen LogP contribution is -2.13. The molecule has 0 saturated heterocycles. The highest BCUT2D eigenvalue weighted by Crippen LogP contribution is 2.18. The Morgan fingerprint density at radius 2 is 1.93 bits per heavy atom. The number of rotatable bonds is 3. The molecule has 0 heterocycles. The Kier molecular flexibility index (Phi) is 5.57. The van der Waals surface area contributed by atoms with E-state index in [1.807, 2.05) is 0 Å². The second kappa shape index (κ2) is 5.88. The largest absolute Gasteiger partial charge is 0.324 e. The first-order valence-electron chi connectivity index (χ1n) is 3.91. The molecule has 0 aliphatic rings. The minimum atomic E-state index is -0.777. The lowest BCUT2D eigenvalue weighted by molar-refractivity contribution is 0.434. The third-order valence-electron chi connectivity index (χ3n) is 1.78. The molecule has 0 radical (unpaired) electrons. The van der Waals surface area contributed by atoms with Crippen LogP contribution in [0.2, 0.25) is 0 Å². The molecule has 0 saturated carbocycles. The summed E-state index contributed by atoms with van der Waals surface area (Å²) in [5.74, 6) is -1.16. The molecular weight excluding hydrogens is 215 g/mol. The normalized spacial score (nSPS) is 12.0. The van der Waals surface area contributed by atoms with Crippen LogP contribution in [0.5, 0.6) is 0 Å². The predicted molar refractivity (Wildman–Crippen MR) is 51.1 cm³/mol. The van der Waals surface area contributed by atoms with Gasteiger partial charge in [0.25, 0.3) is 0 Å². The Balaban J connectivity index is 0.00000169. The van der Waals surface area contributed by atoms with Gasteiger partial charge in [0.1, 0.15) is 11.6 Å². The van der Waals surface area contributed by atoms with Crippen LogP contribution in [0.15, 0.2) is 18.2 Å². The Bertz CT molecular complexity index is 293. The first-order valence-corrected chi connectivity index (χ1v) is 3.91. The van der Waals surface area contributed by atoms with E-state index in [2.05, 4.69) is 0 Å². The highest BCUT2D eigenvalue weighted by atomic mass is 35.5. The van der Waals surface area contributed by atoms with E-state index in [1.165, 1.54) is 0 Å². The summed E-state index contributed by atoms with van der Waals surface area (Å²) in [6.45, 7) is -0.642. The van der Waals surface area contributed by atoms with Crippen LogP contribution >= 0.6 is 12.4 Å². The molecule has 0 aliphatic heterocycles. The van der Waals surface area contributed by atoms with Crippen LogP contribution in [-0.2, 0) is 0 Å². The number of hydrogen-bond acceptors (Lipinski definition) is 1. The first kappa shape index (κ1) is 13.3. The van der Waals surface area contributed by atoms with Gasteiger partial charge in [-0.25, -0.2) is 8.78 Å². The minimum absolute atomic E-state index is 0. The van der Waals surface area contributed by atoms with Crippen LogP contribution in [0, 0.1) is 11.6 Å². The quantitative estimate of drug-likeness (QED) is 0.841. The SMILES string of the molecule is Cl.N[C@H](CCF)c1cc(F)ccc1F. The summed E-state index contributed by atoms with van der Waals surface area (Å²) in [5.41, 5.74) is 5.45. The monoisotopic (exact) mass is 225 g/mol. The van der Waals surface area contributed by atoms with E-state index >= 15 is 0 Å². The van der Waals surface area contributed by atoms with Crippen molar-refractivity contribution in [3.63, 3.8) is 0 Å². The zero-order valence-corrected chi connectivity index (χ0v) is 8.16. The Morgan fingerprint density at radius 1 is 1.29 bits per heavy atom. The van der Waals surface area contributed by atoms with Gasteiger partial charge >= 0.3 is 0 Å². The molecule has 80 valence electrons. The molecule has 1 aromatic carbocycles.